The number of pyridine rings is 1. The van der Waals surface area contributed by atoms with Gasteiger partial charge in [0.1, 0.15) is 6.04 Å². The molecule has 2 aliphatic heterocycles. The third-order valence-electron chi connectivity index (χ3n) is 5.97. The molecule has 0 aromatic carbocycles. The highest BCUT2D eigenvalue weighted by atomic mass is 32.3. The summed E-state index contributed by atoms with van der Waals surface area (Å²) in [5.74, 6) is 0. The van der Waals surface area contributed by atoms with E-state index in [0.29, 0.717) is 17.4 Å². The standard InChI is InChI=1S/C16H26N4O6SSi.C5H5N/c1-16(2,3)28(4,5)25-11-12-6-7-19(17-12)13-8-14-10-18(9-13)15(21)20(14)26-27(22,23)24;1-2-4-6-5-3-1/h6-8,14H,9-11H2,1-5H3,(H,22,23,24);1-5H. The summed E-state index contributed by atoms with van der Waals surface area (Å²) < 4.78 is 43.0. The van der Waals surface area contributed by atoms with Gasteiger partial charge >= 0.3 is 16.4 Å². The first-order valence-corrected chi connectivity index (χ1v) is 15.0. The first-order valence-electron chi connectivity index (χ1n) is 10.8. The van der Waals surface area contributed by atoms with Crippen LogP contribution < -0.4 is 0 Å². The molecule has 2 aromatic heterocycles. The van der Waals surface area contributed by atoms with Gasteiger partial charge in [-0.05, 0) is 42.4 Å². The second-order valence-electron chi connectivity index (χ2n) is 9.54. The molecule has 1 saturated heterocycles. The van der Waals surface area contributed by atoms with Crippen molar-refractivity contribution in [3.8, 4) is 0 Å². The van der Waals surface area contributed by atoms with Crippen LogP contribution in [0.3, 0.4) is 0 Å². The number of amides is 2. The number of fused-ring (bicyclic) bond motifs is 2. The van der Waals surface area contributed by atoms with Gasteiger partial charge in [-0.15, -0.1) is 4.28 Å². The maximum atomic E-state index is 12.2. The Morgan fingerprint density at radius 3 is 2.41 bits per heavy atom. The molecule has 4 heterocycles. The maximum Gasteiger partial charge on any atom is 0.418 e. The molecule has 1 unspecified atom stereocenters. The zero-order valence-corrected chi connectivity index (χ0v) is 21.8. The fraction of sp³-hybridized carbons (Fsp3) is 0.476. The Morgan fingerprint density at radius 1 is 1.21 bits per heavy atom. The van der Waals surface area contributed by atoms with Crippen molar-refractivity contribution < 1.29 is 26.5 Å². The lowest BCUT2D eigenvalue weighted by Gasteiger charge is -2.35. The number of hydrogen-bond donors (Lipinski definition) is 1. The lowest BCUT2D eigenvalue weighted by atomic mass is 10.2. The highest BCUT2D eigenvalue weighted by molar-refractivity contribution is 7.80. The molecule has 2 aliphatic rings. The van der Waals surface area contributed by atoms with Crippen molar-refractivity contribution in [2.45, 2.75) is 51.6 Å². The van der Waals surface area contributed by atoms with Crippen LogP contribution in [0.5, 0.6) is 0 Å². The quantitative estimate of drug-likeness (QED) is 0.465. The van der Waals surface area contributed by atoms with Crippen molar-refractivity contribution >= 4 is 30.4 Å². The molecule has 0 saturated carbocycles. The van der Waals surface area contributed by atoms with E-state index >= 15 is 0 Å². The number of rotatable bonds is 6. The van der Waals surface area contributed by atoms with Gasteiger partial charge in [0.05, 0.1) is 24.5 Å². The SMILES string of the molecule is CC(C)(C)[Si](C)(C)OCc1ccn(C2=CC3CN(C2)C(=O)N3OS(=O)(=O)O)n1.c1ccncc1. The van der Waals surface area contributed by atoms with Gasteiger partial charge in [0, 0.05) is 25.1 Å². The molecule has 1 fully saturated rings. The van der Waals surface area contributed by atoms with Crippen LogP contribution in [-0.2, 0) is 25.7 Å². The molecule has 34 heavy (non-hydrogen) atoms. The number of urea groups is 1. The summed E-state index contributed by atoms with van der Waals surface area (Å²) in [5.41, 5.74) is 1.49. The largest absolute Gasteiger partial charge is 0.418 e. The van der Waals surface area contributed by atoms with Gasteiger partial charge in [-0.1, -0.05) is 26.8 Å². The zero-order valence-electron chi connectivity index (χ0n) is 20.0. The monoisotopic (exact) mass is 509 g/mol. The molecule has 2 aromatic rings. The third-order valence-corrected chi connectivity index (χ3v) is 10.8. The molecule has 0 radical (unpaired) electrons. The van der Waals surface area contributed by atoms with Gasteiger partial charge in [0.25, 0.3) is 0 Å². The number of carbonyl (C=O) groups excluding carboxylic acids is 1. The van der Waals surface area contributed by atoms with Crippen LogP contribution in [0.4, 0.5) is 4.79 Å². The fourth-order valence-corrected chi connectivity index (χ4v) is 4.42. The van der Waals surface area contributed by atoms with Crippen LogP contribution in [-0.4, -0.2) is 71.2 Å². The Hall–Kier alpha value is -2.58. The zero-order chi connectivity index (χ0) is 25.1. The van der Waals surface area contributed by atoms with E-state index in [1.807, 2.05) is 24.3 Å². The highest BCUT2D eigenvalue weighted by Gasteiger charge is 2.43. The van der Waals surface area contributed by atoms with Crippen molar-refractivity contribution in [1.82, 2.24) is 24.7 Å². The summed E-state index contributed by atoms with van der Waals surface area (Å²) in [6, 6.07) is 6.32. The second-order valence-corrected chi connectivity index (χ2v) is 15.4. The number of hydroxylamine groups is 2. The van der Waals surface area contributed by atoms with Gasteiger partial charge in [-0.25, -0.2) is 9.48 Å². The Bertz CT molecular complexity index is 1100. The lowest BCUT2D eigenvalue weighted by Crippen LogP contribution is -2.40. The summed E-state index contributed by atoms with van der Waals surface area (Å²) in [6.07, 6.45) is 6.98. The van der Waals surface area contributed by atoms with Crippen LogP contribution in [0.15, 0.2) is 48.9 Å². The fourth-order valence-electron chi connectivity index (χ4n) is 3.10. The first-order chi connectivity index (χ1) is 15.8. The van der Waals surface area contributed by atoms with Gasteiger partial charge in [0.2, 0.25) is 0 Å². The predicted molar refractivity (Wildman–Crippen MR) is 128 cm³/mol. The summed E-state index contributed by atoms with van der Waals surface area (Å²) in [5, 5.41) is 5.28. The van der Waals surface area contributed by atoms with E-state index in [2.05, 4.69) is 48.2 Å². The topological polar surface area (TPSA) is 127 Å². The number of nitrogens with zero attached hydrogens (tertiary/aromatic N) is 5. The molecular weight excluding hydrogens is 478 g/mol. The van der Waals surface area contributed by atoms with Gasteiger partial charge in [-0.2, -0.15) is 18.6 Å². The van der Waals surface area contributed by atoms with E-state index in [-0.39, 0.29) is 18.1 Å². The van der Waals surface area contributed by atoms with Crippen LogP contribution >= 0.6 is 0 Å². The van der Waals surface area contributed by atoms with E-state index in [4.69, 9.17) is 8.98 Å². The summed E-state index contributed by atoms with van der Waals surface area (Å²) in [7, 11) is -6.67. The number of carbonyl (C=O) groups is 1. The van der Waals surface area contributed by atoms with Gasteiger partial charge in [-0.3, -0.25) is 9.54 Å². The van der Waals surface area contributed by atoms with Crippen molar-refractivity contribution in [2.24, 2.45) is 0 Å². The van der Waals surface area contributed by atoms with E-state index in [1.54, 1.807) is 29.3 Å². The molecule has 2 amide bonds. The normalized spacial score (nSPS) is 18.5. The highest BCUT2D eigenvalue weighted by Crippen LogP contribution is 2.37. The summed E-state index contributed by atoms with van der Waals surface area (Å²) in [4.78, 5) is 17.4. The van der Waals surface area contributed by atoms with E-state index in [1.165, 1.54) is 4.90 Å². The molecular formula is C21H31N5O6SSi. The van der Waals surface area contributed by atoms with Crippen LogP contribution in [0.25, 0.3) is 5.70 Å². The molecule has 0 spiro atoms. The van der Waals surface area contributed by atoms with Crippen LogP contribution in [0, 0.1) is 0 Å². The molecule has 11 nitrogen and oxygen atoms in total. The molecule has 0 aliphatic carbocycles. The average molecular weight is 510 g/mol. The smallest absolute Gasteiger partial charge is 0.411 e. The van der Waals surface area contributed by atoms with E-state index in [9.17, 15) is 13.2 Å². The molecule has 1 atom stereocenters. The second kappa shape index (κ2) is 9.96. The van der Waals surface area contributed by atoms with E-state index in [0.717, 1.165) is 5.69 Å². The molecule has 2 bridgehead atoms. The Kier molecular flexibility index (Phi) is 7.62. The Labute approximate surface area is 201 Å². The predicted octanol–water partition coefficient (Wildman–Crippen LogP) is 3.18. The Morgan fingerprint density at radius 2 is 1.88 bits per heavy atom. The summed E-state index contributed by atoms with van der Waals surface area (Å²) >= 11 is 0. The molecule has 186 valence electrons. The third kappa shape index (κ3) is 6.51. The Balaban J connectivity index is 0.000000469. The molecule has 1 N–H and O–H groups in total. The first kappa shape index (κ1) is 26.0. The van der Waals surface area contributed by atoms with Crippen molar-refractivity contribution in [3.05, 3.63) is 54.6 Å². The summed E-state index contributed by atoms with van der Waals surface area (Å²) in [6.45, 7) is 11.8. The van der Waals surface area contributed by atoms with Crippen molar-refractivity contribution in [1.29, 1.82) is 0 Å². The average Bonchev–Trinajstić information content (AvgIpc) is 3.32. The maximum absolute atomic E-state index is 12.2. The minimum Gasteiger partial charge on any atom is -0.411 e. The number of aromatic nitrogens is 3. The molecule has 4 rings (SSSR count). The number of hydrogen-bond acceptors (Lipinski definition) is 7. The lowest BCUT2D eigenvalue weighted by molar-refractivity contribution is -0.0183. The minimum atomic E-state index is -4.78. The van der Waals surface area contributed by atoms with Crippen molar-refractivity contribution in [3.63, 3.8) is 0 Å². The minimum absolute atomic E-state index is 0.102. The molecule has 13 heteroatoms. The van der Waals surface area contributed by atoms with Gasteiger partial charge in [0.15, 0.2) is 8.32 Å². The van der Waals surface area contributed by atoms with Crippen LogP contribution in [0.2, 0.25) is 18.1 Å². The van der Waals surface area contributed by atoms with E-state index < -0.39 is 30.8 Å². The van der Waals surface area contributed by atoms with Crippen molar-refractivity contribution in [2.75, 3.05) is 13.1 Å². The van der Waals surface area contributed by atoms with Crippen LogP contribution in [0.1, 0.15) is 26.5 Å². The van der Waals surface area contributed by atoms with Gasteiger partial charge < -0.3 is 9.33 Å².